The van der Waals surface area contributed by atoms with E-state index in [2.05, 4.69) is 10.6 Å². The average Bonchev–Trinajstić information content (AvgIpc) is 2.69. The van der Waals surface area contributed by atoms with Gasteiger partial charge in [0, 0.05) is 0 Å². The Hall–Kier alpha value is -3.82. The second-order valence-corrected chi connectivity index (χ2v) is 10.0. The minimum absolute atomic E-state index is 0.0469. The molecule has 0 fully saturated rings. The van der Waals surface area contributed by atoms with Gasteiger partial charge in [-0.25, -0.2) is 19.2 Å². The second-order valence-electron chi connectivity index (χ2n) is 10.0. The highest BCUT2D eigenvalue weighted by molar-refractivity contribution is 5.81. The molecular formula is C26H36N2O8. The van der Waals surface area contributed by atoms with Gasteiger partial charge in [0.15, 0.2) is 0 Å². The Balaban J connectivity index is 2.75. The number of carboxylic acids is 2. The lowest BCUT2D eigenvalue weighted by molar-refractivity contribution is -0.140. The normalized spacial score (nSPS) is 13.7. The molecule has 10 nitrogen and oxygen atoms in total. The molecule has 0 aliphatic carbocycles. The molecule has 0 unspecified atom stereocenters. The van der Waals surface area contributed by atoms with Crippen molar-refractivity contribution in [2.45, 2.75) is 77.7 Å². The summed E-state index contributed by atoms with van der Waals surface area (Å²) in [6.45, 7) is 10.1. The van der Waals surface area contributed by atoms with Crippen LogP contribution in [0, 0.1) is 0 Å². The number of benzene rings is 1. The van der Waals surface area contributed by atoms with E-state index in [9.17, 15) is 29.4 Å². The summed E-state index contributed by atoms with van der Waals surface area (Å²) in [6, 6.07) is 4.94. The summed E-state index contributed by atoms with van der Waals surface area (Å²) in [5, 5.41) is 23.4. The van der Waals surface area contributed by atoms with Gasteiger partial charge in [-0.1, -0.05) is 42.5 Å². The standard InChI is InChI=1S/C26H36N2O8/c1-25(2,3)35-23(33)27-19(21(29)30)14-8-12-17-10-7-11-18(16-17)13-9-15-20(22(31)32)28-24(34)36-26(4,5)6/h7-13,16,19-20H,14-15H2,1-6H3,(H,27,33)(H,28,34)(H,29,30)(H,31,32)/t19-,20-/m0/s1. The van der Waals surface area contributed by atoms with Gasteiger partial charge in [-0.2, -0.15) is 0 Å². The number of amides is 2. The highest BCUT2D eigenvalue weighted by Gasteiger charge is 2.24. The van der Waals surface area contributed by atoms with Crippen molar-refractivity contribution in [1.29, 1.82) is 0 Å². The van der Waals surface area contributed by atoms with Crippen LogP contribution in [0.2, 0.25) is 0 Å². The van der Waals surface area contributed by atoms with Crippen LogP contribution in [-0.2, 0) is 19.1 Å². The second kappa shape index (κ2) is 13.3. The van der Waals surface area contributed by atoms with Gasteiger partial charge in [-0.05, 0) is 71.6 Å². The van der Waals surface area contributed by atoms with Crippen molar-refractivity contribution < 1.29 is 38.9 Å². The highest BCUT2D eigenvalue weighted by atomic mass is 16.6. The number of carbonyl (C=O) groups is 4. The van der Waals surface area contributed by atoms with Crippen LogP contribution in [0.1, 0.15) is 65.5 Å². The smallest absolute Gasteiger partial charge is 0.408 e. The zero-order chi connectivity index (χ0) is 27.5. The minimum Gasteiger partial charge on any atom is -0.480 e. The molecule has 0 aliphatic rings. The number of aliphatic carboxylic acids is 2. The molecule has 2 amide bonds. The third-order valence-corrected chi connectivity index (χ3v) is 4.25. The maximum Gasteiger partial charge on any atom is 0.408 e. The lowest BCUT2D eigenvalue weighted by atomic mass is 10.1. The third kappa shape index (κ3) is 13.2. The molecule has 10 heteroatoms. The molecule has 0 radical (unpaired) electrons. The van der Waals surface area contributed by atoms with Gasteiger partial charge in [0.05, 0.1) is 0 Å². The Morgan fingerprint density at radius 1 is 0.778 bits per heavy atom. The Morgan fingerprint density at radius 3 is 1.44 bits per heavy atom. The number of nitrogens with one attached hydrogen (secondary N) is 2. The van der Waals surface area contributed by atoms with Gasteiger partial charge in [-0.3, -0.25) is 0 Å². The summed E-state index contributed by atoms with van der Waals surface area (Å²) in [5.74, 6) is -2.37. The highest BCUT2D eigenvalue weighted by Crippen LogP contribution is 2.12. The summed E-state index contributed by atoms with van der Waals surface area (Å²) in [6.07, 6.45) is 5.17. The molecule has 0 saturated carbocycles. The molecule has 2 atom stereocenters. The van der Waals surface area contributed by atoms with Crippen molar-refractivity contribution in [1.82, 2.24) is 10.6 Å². The molecule has 198 valence electrons. The first-order valence-corrected chi connectivity index (χ1v) is 11.4. The van der Waals surface area contributed by atoms with Gasteiger partial charge in [0.2, 0.25) is 0 Å². The summed E-state index contributed by atoms with van der Waals surface area (Å²) < 4.78 is 10.2. The SMILES string of the molecule is CC(C)(C)OC(=O)N[C@@H](CC=Cc1cccc(C=CC[C@H](NC(=O)OC(C)(C)C)C(=O)O)c1)C(=O)O. The fourth-order valence-electron chi connectivity index (χ4n) is 2.79. The van der Waals surface area contributed by atoms with E-state index in [4.69, 9.17) is 9.47 Å². The minimum atomic E-state index is -1.19. The number of rotatable bonds is 10. The van der Waals surface area contributed by atoms with Crippen LogP contribution >= 0.6 is 0 Å². The molecule has 1 aromatic carbocycles. The van der Waals surface area contributed by atoms with Crippen molar-refractivity contribution in [2.24, 2.45) is 0 Å². The van der Waals surface area contributed by atoms with Gasteiger partial charge >= 0.3 is 24.1 Å². The predicted molar refractivity (Wildman–Crippen MR) is 135 cm³/mol. The number of hydrogen-bond acceptors (Lipinski definition) is 6. The van der Waals surface area contributed by atoms with E-state index in [0.29, 0.717) is 0 Å². The van der Waals surface area contributed by atoms with E-state index >= 15 is 0 Å². The topological polar surface area (TPSA) is 151 Å². The molecule has 0 bridgehead atoms. The molecule has 0 aliphatic heterocycles. The van der Waals surface area contributed by atoms with E-state index in [1.807, 2.05) is 18.2 Å². The summed E-state index contributed by atoms with van der Waals surface area (Å²) in [5.41, 5.74) is 0.0703. The van der Waals surface area contributed by atoms with Crippen molar-refractivity contribution in [3.8, 4) is 0 Å². The molecule has 0 spiro atoms. The number of hydrogen-bond donors (Lipinski definition) is 4. The maximum atomic E-state index is 11.9. The lowest BCUT2D eigenvalue weighted by Gasteiger charge is -2.21. The van der Waals surface area contributed by atoms with Crippen LogP contribution in [-0.4, -0.2) is 57.6 Å². The van der Waals surface area contributed by atoms with Gasteiger partial charge in [-0.15, -0.1) is 0 Å². The Morgan fingerprint density at radius 2 is 1.14 bits per heavy atom. The van der Waals surface area contributed by atoms with Crippen LogP contribution in [0.15, 0.2) is 36.4 Å². The lowest BCUT2D eigenvalue weighted by Crippen LogP contribution is -2.43. The first-order chi connectivity index (χ1) is 16.6. The van der Waals surface area contributed by atoms with Crippen molar-refractivity contribution in [3.05, 3.63) is 47.5 Å². The quantitative estimate of drug-likeness (QED) is 0.365. The van der Waals surface area contributed by atoms with E-state index in [1.54, 1.807) is 71.9 Å². The molecule has 36 heavy (non-hydrogen) atoms. The van der Waals surface area contributed by atoms with Crippen LogP contribution in [0.3, 0.4) is 0 Å². The van der Waals surface area contributed by atoms with Crippen molar-refractivity contribution in [3.63, 3.8) is 0 Å². The first-order valence-electron chi connectivity index (χ1n) is 11.4. The molecule has 1 aromatic rings. The van der Waals surface area contributed by atoms with Gasteiger partial charge < -0.3 is 30.3 Å². The van der Waals surface area contributed by atoms with Crippen molar-refractivity contribution >= 4 is 36.3 Å². The van der Waals surface area contributed by atoms with Crippen LogP contribution in [0.4, 0.5) is 9.59 Å². The molecule has 1 rings (SSSR count). The van der Waals surface area contributed by atoms with Crippen LogP contribution in [0.25, 0.3) is 12.2 Å². The number of alkyl carbamates (subject to hydrolysis) is 2. The van der Waals surface area contributed by atoms with E-state index in [0.717, 1.165) is 11.1 Å². The van der Waals surface area contributed by atoms with Crippen LogP contribution < -0.4 is 10.6 Å². The number of carbonyl (C=O) groups excluding carboxylic acids is 2. The summed E-state index contributed by atoms with van der Waals surface area (Å²) in [7, 11) is 0. The van der Waals surface area contributed by atoms with E-state index in [-0.39, 0.29) is 12.8 Å². The van der Waals surface area contributed by atoms with Gasteiger partial charge in [0.25, 0.3) is 0 Å². The van der Waals surface area contributed by atoms with Crippen LogP contribution in [0.5, 0.6) is 0 Å². The first kappa shape index (κ1) is 30.2. The zero-order valence-corrected chi connectivity index (χ0v) is 21.5. The summed E-state index contributed by atoms with van der Waals surface area (Å²) in [4.78, 5) is 46.7. The zero-order valence-electron chi connectivity index (χ0n) is 21.5. The van der Waals surface area contributed by atoms with E-state index < -0.39 is 47.4 Å². The van der Waals surface area contributed by atoms with Gasteiger partial charge in [0.1, 0.15) is 23.3 Å². The van der Waals surface area contributed by atoms with Crippen molar-refractivity contribution in [2.75, 3.05) is 0 Å². The fourth-order valence-corrected chi connectivity index (χ4v) is 2.79. The Kier molecular flexibility index (Phi) is 11.2. The summed E-state index contributed by atoms with van der Waals surface area (Å²) >= 11 is 0. The molecule has 0 saturated heterocycles. The third-order valence-electron chi connectivity index (χ3n) is 4.25. The number of ether oxygens (including phenoxy) is 2. The predicted octanol–water partition coefficient (Wildman–Crippen LogP) is 4.45. The number of carboxylic acid groups (broad SMARTS) is 2. The Bertz CT molecular complexity index is 911. The molecule has 0 heterocycles. The average molecular weight is 505 g/mol. The van der Waals surface area contributed by atoms with E-state index in [1.165, 1.54) is 0 Å². The largest absolute Gasteiger partial charge is 0.480 e. The molecule has 0 aromatic heterocycles. The monoisotopic (exact) mass is 504 g/mol. The molecular weight excluding hydrogens is 468 g/mol. The fraction of sp³-hybridized carbons (Fsp3) is 0.462. The maximum absolute atomic E-state index is 11.9. The molecule has 4 N–H and O–H groups in total. The Labute approximate surface area is 211 Å².